The number of hydrogen-bond donors (Lipinski definition) is 1. The third-order valence-electron chi connectivity index (χ3n) is 3.84. The predicted molar refractivity (Wildman–Crippen MR) is 98.8 cm³/mol. The summed E-state index contributed by atoms with van der Waals surface area (Å²) in [6.45, 7) is 11.6. The normalized spacial score (nSPS) is 12.0. The molecule has 0 aliphatic heterocycles. The fourth-order valence-corrected chi connectivity index (χ4v) is 2.39. The summed E-state index contributed by atoms with van der Waals surface area (Å²) >= 11 is 0. The van der Waals surface area contributed by atoms with Crippen LogP contribution in [0.2, 0.25) is 0 Å². The van der Waals surface area contributed by atoms with Crippen LogP contribution in [-0.4, -0.2) is 43.3 Å². The van der Waals surface area contributed by atoms with Gasteiger partial charge < -0.3 is 14.4 Å². The van der Waals surface area contributed by atoms with E-state index in [1.807, 2.05) is 31.2 Å². The highest BCUT2D eigenvalue weighted by molar-refractivity contribution is 5.84. The second kappa shape index (κ2) is 11.7. The molecule has 0 aliphatic carbocycles. The van der Waals surface area contributed by atoms with E-state index in [-0.39, 0.29) is 6.10 Å². The molecule has 5 nitrogen and oxygen atoms in total. The van der Waals surface area contributed by atoms with Crippen LogP contribution < -0.4 is 10.1 Å². The summed E-state index contributed by atoms with van der Waals surface area (Å²) in [5, 5.41) is 2.75. The van der Waals surface area contributed by atoms with E-state index < -0.39 is 6.09 Å². The second-order valence-corrected chi connectivity index (χ2v) is 5.91. The van der Waals surface area contributed by atoms with Gasteiger partial charge in [-0.2, -0.15) is 0 Å². The zero-order valence-electron chi connectivity index (χ0n) is 15.5. The summed E-state index contributed by atoms with van der Waals surface area (Å²) in [6, 6.07) is 7.37. The quantitative estimate of drug-likeness (QED) is 0.603. The summed E-state index contributed by atoms with van der Waals surface area (Å²) in [4.78, 5) is 14.2. The minimum atomic E-state index is -0.425. The number of rotatable bonds is 11. The van der Waals surface area contributed by atoms with Gasteiger partial charge in [0.25, 0.3) is 0 Å². The fraction of sp³-hybridized carbons (Fsp3) is 0.632. The number of anilines is 1. The van der Waals surface area contributed by atoms with Crippen molar-refractivity contribution in [3.63, 3.8) is 0 Å². The molecule has 0 fully saturated rings. The van der Waals surface area contributed by atoms with Crippen molar-refractivity contribution in [1.82, 2.24) is 4.90 Å². The van der Waals surface area contributed by atoms with Gasteiger partial charge in [-0.3, -0.25) is 5.32 Å². The lowest BCUT2D eigenvalue weighted by atomic mass is 10.2. The van der Waals surface area contributed by atoms with Crippen LogP contribution >= 0.6 is 0 Å². The summed E-state index contributed by atoms with van der Waals surface area (Å²) in [6.07, 6.45) is 2.85. The van der Waals surface area contributed by atoms with Crippen LogP contribution in [0.15, 0.2) is 24.3 Å². The number of benzene rings is 1. The SMILES string of the molecule is CCCCCOc1ccc(NC(=O)OC(C)CN(CC)CC)cc1. The number of unbranched alkanes of at least 4 members (excludes halogenated alkanes) is 2. The number of nitrogens with one attached hydrogen (secondary N) is 1. The van der Waals surface area contributed by atoms with Crippen LogP contribution in [0, 0.1) is 0 Å². The summed E-state index contributed by atoms with van der Waals surface area (Å²) < 4.78 is 11.0. The molecule has 5 heteroatoms. The predicted octanol–water partition coefficient (Wildman–Crippen LogP) is 4.53. The first-order valence-electron chi connectivity index (χ1n) is 9.01. The Morgan fingerprint density at radius 1 is 1.12 bits per heavy atom. The molecule has 0 saturated heterocycles. The first-order chi connectivity index (χ1) is 11.6. The Morgan fingerprint density at radius 3 is 2.38 bits per heavy atom. The first kappa shape index (κ1) is 20.3. The molecule has 0 saturated carbocycles. The molecule has 1 rings (SSSR count). The largest absolute Gasteiger partial charge is 0.494 e. The minimum Gasteiger partial charge on any atom is -0.494 e. The van der Waals surface area contributed by atoms with Gasteiger partial charge >= 0.3 is 6.09 Å². The number of likely N-dealkylation sites (N-methyl/N-ethyl adjacent to an activating group) is 1. The van der Waals surface area contributed by atoms with E-state index in [1.54, 1.807) is 0 Å². The van der Waals surface area contributed by atoms with Crippen LogP contribution in [-0.2, 0) is 4.74 Å². The molecule has 24 heavy (non-hydrogen) atoms. The van der Waals surface area contributed by atoms with E-state index in [0.717, 1.165) is 38.4 Å². The highest BCUT2D eigenvalue weighted by Crippen LogP contribution is 2.16. The molecule has 1 atom stereocenters. The zero-order valence-corrected chi connectivity index (χ0v) is 15.5. The molecule has 0 spiro atoms. The standard InChI is InChI=1S/C19H32N2O3/c1-5-8-9-14-23-18-12-10-17(11-13-18)20-19(22)24-16(4)15-21(6-2)7-3/h10-13,16H,5-9,14-15H2,1-4H3,(H,20,22). The zero-order chi connectivity index (χ0) is 17.8. The Balaban J connectivity index is 2.36. The molecule has 136 valence electrons. The molecule has 1 N–H and O–H groups in total. The van der Waals surface area contributed by atoms with Gasteiger partial charge in [0.1, 0.15) is 11.9 Å². The lowest BCUT2D eigenvalue weighted by molar-refractivity contribution is 0.0929. The summed E-state index contributed by atoms with van der Waals surface area (Å²) in [7, 11) is 0. The number of amides is 1. The molecule has 1 amide bonds. The van der Waals surface area contributed by atoms with Gasteiger partial charge in [0, 0.05) is 12.2 Å². The average Bonchev–Trinajstić information content (AvgIpc) is 2.58. The Morgan fingerprint density at radius 2 is 1.79 bits per heavy atom. The van der Waals surface area contributed by atoms with Crippen LogP contribution in [0.3, 0.4) is 0 Å². The van der Waals surface area contributed by atoms with Gasteiger partial charge in [-0.25, -0.2) is 4.79 Å². The maximum absolute atomic E-state index is 11.9. The van der Waals surface area contributed by atoms with Gasteiger partial charge in [-0.1, -0.05) is 33.6 Å². The molecule has 0 aromatic heterocycles. The average molecular weight is 336 g/mol. The first-order valence-corrected chi connectivity index (χ1v) is 9.01. The van der Waals surface area contributed by atoms with E-state index >= 15 is 0 Å². The highest BCUT2D eigenvalue weighted by atomic mass is 16.6. The van der Waals surface area contributed by atoms with E-state index in [2.05, 4.69) is 31.0 Å². The lowest BCUT2D eigenvalue weighted by Crippen LogP contribution is -2.34. The van der Waals surface area contributed by atoms with Crippen molar-refractivity contribution in [3.8, 4) is 5.75 Å². The van der Waals surface area contributed by atoms with E-state index in [0.29, 0.717) is 5.69 Å². The molecule has 0 bridgehead atoms. The Bertz CT molecular complexity index is 458. The molecule has 1 aromatic carbocycles. The lowest BCUT2D eigenvalue weighted by Gasteiger charge is -2.22. The van der Waals surface area contributed by atoms with Crippen LogP contribution in [0.4, 0.5) is 10.5 Å². The molecule has 0 aliphatic rings. The fourth-order valence-electron chi connectivity index (χ4n) is 2.39. The molecular weight excluding hydrogens is 304 g/mol. The van der Waals surface area contributed by atoms with Gasteiger partial charge in [0.2, 0.25) is 0 Å². The molecule has 1 unspecified atom stereocenters. The number of nitrogens with zero attached hydrogens (tertiary/aromatic N) is 1. The van der Waals surface area contributed by atoms with E-state index in [9.17, 15) is 4.79 Å². The van der Waals surface area contributed by atoms with Gasteiger partial charge in [-0.05, 0) is 50.7 Å². The van der Waals surface area contributed by atoms with Crippen molar-refractivity contribution < 1.29 is 14.3 Å². The van der Waals surface area contributed by atoms with E-state index in [4.69, 9.17) is 9.47 Å². The maximum atomic E-state index is 11.9. The third-order valence-corrected chi connectivity index (χ3v) is 3.84. The molecule has 0 radical (unpaired) electrons. The van der Waals surface area contributed by atoms with Crippen molar-refractivity contribution in [2.24, 2.45) is 0 Å². The smallest absolute Gasteiger partial charge is 0.411 e. The Kier molecular flexibility index (Phi) is 9.92. The van der Waals surface area contributed by atoms with Crippen LogP contribution in [0.1, 0.15) is 47.0 Å². The number of carbonyl (C=O) groups excluding carboxylic acids is 1. The van der Waals surface area contributed by atoms with Crippen molar-refractivity contribution >= 4 is 11.8 Å². The van der Waals surface area contributed by atoms with Crippen molar-refractivity contribution in [3.05, 3.63) is 24.3 Å². The summed E-state index contributed by atoms with van der Waals surface area (Å²) in [5.74, 6) is 0.819. The number of ether oxygens (including phenoxy) is 2. The Labute approximate surface area is 146 Å². The topological polar surface area (TPSA) is 50.8 Å². The third kappa shape index (κ3) is 8.20. The van der Waals surface area contributed by atoms with Gasteiger partial charge in [-0.15, -0.1) is 0 Å². The van der Waals surface area contributed by atoms with Gasteiger partial charge in [0.05, 0.1) is 6.61 Å². The van der Waals surface area contributed by atoms with Gasteiger partial charge in [0.15, 0.2) is 0 Å². The molecule has 1 aromatic rings. The molecule has 0 heterocycles. The van der Waals surface area contributed by atoms with Crippen molar-refractivity contribution in [2.75, 3.05) is 31.6 Å². The Hall–Kier alpha value is -1.75. The second-order valence-electron chi connectivity index (χ2n) is 5.91. The minimum absolute atomic E-state index is 0.147. The summed E-state index contributed by atoms with van der Waals surface area (Å²) in [5.41, 5.74) is 0.705. The van der Waals surface area contributed by atoms with Crippen LogP contribution in [0.25, 0.3) is 0 Å². The van der Waals surface area contributed by atoms with Crippen LogP contribution in [0.5, 0.6) is 5.75 Å². The number of carbonyl (C=O) groups is 1. The van der Waals surface area contributed by atoms with E-state index in [1.165, 1.54) is 12.8 Å². The number of hydrogen-bond acceptors (Lipinski definition) is 4. The maximum Gasteiger partial charge on any atom is 0.411 e. The molecular formula is C19H32N2O3. The highest BCUT2D eigenvalue weighted by Gasteiger charge is 2.12. The van der Waals surface area contributed by atoms with Crippen molar-refractivity contribution in [2.45, 2.75) is 53.1 Å². The van der Waals surface area contributed by atoms with Crippen molar-refractivity contribution in [1.29, 1.82) is 0 Å². The monoisotopic (exact) mass is 336 g/mol.